The number of hydrogen-bond acceptors (Lipinski definition) is 18. The Balaban J connectivity index is 1.37. The number of rotatable bonds is 15. The van der Waals surface area contributed by atoms with E-state index < -0.39 is 106 Å². The second kappa shape index (κ2) is 23.7. The second-order valence-electron chi connectivity index (χ2n) is 20.0. The number of methoxy groups -OCH3 is 1. The molecular weight excluding hydrogens is 904 g/mol. The first-order chi connectivity index (χ1) is 31.9. The van der Waals surface area contributed by atoms with Gasteiger partial charge >= 0.3 is 5.97 Å². The summed E-state index contributed by atoms with van der Waals surface area (Å²) >= 11 is 0. The lowest BCUT2D eigenvalue weighted by molar-refractivity contribution is -0.295. The molecule has 4 aliphatic heterocycles. The monoisotopic (exact) mass is 983 g/mol. The number of carbonyl (C=O) groups excluding carboxylic acids is 2. The molecule has 0 amide bonds. The summed E-state index contributed by atoms with van der Waals surface area (Å²) < 4.78 is 63.5. The van der Waals surface area contributed by atoms with Crippen molar-refractivity contribution in [3.63, 3.8) is 0 Å². The van der Waals surface area contributed by atoms with E-state index in [1.807, 2.05) is 25.8 Å². The van der Waals surface area contributed by atoms with Crippen LogP contribution in [0, 0.1) is 23.7 Å². The van der Waals surface area contributed by atoms with Gasteiger partial charge in [-0.2, -0.15) is 0 Å². The number of ether oxygens (including phenoxy) is 4. The number of halogens is 1. The Labute approximate surface area is 402 Å². The van der Waals surface area contributed by atoms with E-state index in [2.05, 4.69) is 21.4 Å². The molecule has 18 nitrogen and oxygen atoms in total. The maximum absolute atomic E-state index is 14.5. The first kappa shape index (κ1) is 55.6. The molecule has 15 atom stereocenters. The second-order valence-corrected chi connectivity index (χ2v) is 22.1. The highest BCUT2D eigenvalue weighted by molar-refractivity contribution is 7.90. The van der Waals surface area contributed by atoms with Crippen molar-refractivity contribution in [2.75, 3.05) is 46.7 Å². The number of hydrazine groups is 2. The highest BCUT2D eigenvalue weighted by Crippen LogP contribution is 2.39. The molecular formula is C48H79FN6O12S. The van der Waals surface area contributed by atoms with Crippen LogP contribution in [0.1, 0.15) is 99.5 Å². The van der Waals surface area contributed by atoms with Gasteiger partial charge in [-0.15, -0.1) is 5.53 Å². The lowest BCUT2D eigenvalue weighted by Gasteiger charge is -2.47. The summed E-state index contributed by atoms with van der Waals surface area (Å²) in [4.78, 5) is 36.6. The van der Waals surface area contributed by atoms with Gasteiger partial charge in [0.05, 0.1) is 40.6 Å². The predicted octanol–water partition coefficient (Wildman–Crippen LogP) is 3.19. The molecule has 0 bridgehead atoms. The summed E-state index contributed by atoms with van der Waals surface area (Å²) in [5, 5.41) is 45.5. The Morgan fingerprint density at radius 2 is 1.78 bits per heavy atom. The number of aliphatic hydroxyl groups is 3. The van der Waals surface area contributed by atoms with E-state index in [0.29, 0.717) is 38.1 Å². The average Bonchev–Trinajstić information content (AvgIpc) is 3.79. The zero-order valence-electron chi connectivity index (χ0n) is 41.8. The third kappa shape index (κ3) is 13.3. The Morgan fingerprint density at radius 1 is 1.09 bits per heavy atom. The minimum atomic E-state index is -3.36. The molecule has 3 saturated heterocycles. The number of aliphatic hydroxyl groups excluding tert-OH is 2. The number of oxime groups is 1. The smallest absolute Gasteiger partial charge is 0.316 e. The van der Waals surface area contributed by atoms with Crippen LogP contribution < -0.4 is 16.3 Å². The molecule has 1 aromatic rings. The number of nitrogens with zero attached hydrogens (tertiary/aromatic N) is 3. The van der Waals surface area contributed by atoms with Gasteiger partial charge in [0.2, 0.25) is 0 Å². The van der Waals surface area contributed by atoms with E-state index in [1.54, 1.807) is 51.0 Å². The number of cyclic esters (lactones) is 1. The number of alkyl halides is 1. The number of piperidine rings is 1. The largest absolute Gasteiger partial charge is 0.459 e. The number of benzene rings is 1. The molecule has 68 heavy (non-hydrogen) atoms. The summed E-state index contributed by atoms with van der Waals surface area (Å²) in [5.41, 5.74) is 4.92. The standard InChI is InChI=1S/C48H79FN6O12S/c1-12-39-48(8,60)43(58)30(4)40(52-67-36-14-13-20-50-26-36)28(2)24-47(7,63-10)44(31(5)41(56)32(6)45(59)65-39)66-46-42(57)38(22-29(3)64-46)54(9)21-19-34-27-55(53-51-34)35(25-49)23-33-15-17-37(18-16-33)68(11,61)62/h15-18,27-32,35-36,38-39,42-44,46,50-51,53,57-58,60H,12-14,19-26H2,1-11H3/b52-40+/t28-,29?,30?,31+,32?,35?,36-,38?,39-,42-,43?,44-,46?,47-,48-/m1/s1. The average molecular weight is 983 g/mol. The number of likely N-dealkylation sites (N-methyl/N-ethyl adjacent to an activating group) is 1. The van der Waals surface area contributed by atoms with Crippen molar-refractivity contribution >= 4 is 27.3 Å². The summed E-state index contributed by atoms with van der Waals surface area (Å²) in [7, 11) is 0.0362. The maximum atomic E-state index is 14.5. The molecule has 5 rings (SSSR count). The Kier molecular flexibility index (Phi) is 19.4. The number of esters is 1. The van der Waals surface area contributed by atoms with Gasteiger partial charge in [0.25, 0.3) is 0 Å². The zero-order chi connectivity index (χ0) is 50.3. The van der Waals surface area contributed by atoms with E-state index in [9.17, 15) is 37.7 Å². The van der Waals surface area contributed by atoms with Crippen LogP contribution in [0.25, 0.3) is 0 Å². The molecule has 7 unspecified atom stereocenters. The van der Waals surface area contributed by atoms with Gasteiger partial charge in [-0.1, -0.05) is 45.0 Å². The third-order valence-corrected chi connectivity index (χ3v) is 15.7. The molecule has 1 aromatic carbocycles. The van der Waals surface area contributed by atoms with Crippen LogP contribution >= 0.6 is 0 Å². The number of sulfone groups is 1. The van der Waals surface area contributed by atoms with Gasteiger partial charge in [-0.25, -0.2) is 12.8 Å². The van der Waals surface area contributed by atoms with Gasteiger partial charge in [0, 0.05) is 68.6 Å². The van der Waals surface area contributed by atoms with Crippen molar-refractivity contribution in [2.24, 2.45) is 28.8 Å². The number of Topliss-reactive ketones (excluding diaryl/α,β-unsaturated/α-hetero) is 1. The minimum Gasteiger partial charge on any atom is -0.459 e. The van der Waals surface area contributed by atoms with Crippen LogP contribution in [0.3, 0.4) is 0 Å². The quantitative estimate of drug-likeness (QED) is 0.0842. The van der Waals surface area contributed by atoms with Gasteiger partial charge in [-0.05, 0) is 97.5 Å². The maximum Gasteiger partial charge on any atom is 0.316 e. The molecule has 6 N–H and O–H groups in total. The van der Waals surface area contributed by atoms with Crippen molar-refractivity contribution in [3.05, 3.63) is 41.7 Å². The van der Waals surface area contributed by atoms with Crippen molar-refractivity contribution < 1.29 is 61.5 Å². The van der Waals surface area contributed by atoms with Crippen LogP contribution in [0.5, 0.6) is 0 Å². The SMILES string of the molecule is CC[C@H]1OC(=O)C(C)C(=O)[C@H](C)[C@@H](OC2OC(C)CC(N(C)CCC3=CN(C(CF)Cc4ccc(S(C)(=O)=O)cc4)NN3)[C@H]2O)[C@](C)(OC)C[C@@H](C)/C(=N\O[C@@H]2CCCNC2)C(C)C(O)[C@]1(C)O. The van der Waals surface area contributed by atoms with E-state index in [4.69, 9.17) is 23.8 Å². The molecule has 3 fully saturated rings. The van der Waals surface area contributed by atoms with Crippen LogP contribution in [-0.2, 0) is 49.6 Å². The number of nitrogens with one attached hydrogen (secondary N) is 3. The fourth-order valence-corrected chi connectivity index (χ4v) is 10.7. The van der Waals surface area contributed by atoms with Crippen LogP contribution in [0.15, 0.2) is 46.2 Å². The lowest BCUT2D eigenvalue weighted by atomic mass is 9.74. The van der Waals surface area contributed by atoms with Crippen LogP contribution in [-0.4, -0.2) is 164 Å². The van der Waals surface area contributed by atoms with Crippen molar-refractivity contribution in [1.82, 2.24) is 26.2 Å². The molecule has 0 spiro atoms. The van der Waals surface area contributed by atoms with Crippen molar-refractivity contribution in [3.8, 4) is 0 Å². The van der Waals surface area contributed by atoms with Crippen molar-refractivity contribution in [1.29, 1.82) is 0 Å². The molecule has 0 aromatic heterocycles. The molecule has 0 aliphatic carbocycles. The first-order valence-corrected chi connectivity index (χ1v) is 26.0. The predicted molar refractivity (Wildman–Crippen MR) is 253 cm³/mol. The highest BCUT2D eigenvalue weighted by Gasteiger charge is 2.52. The van der Waals surface area contributed by atoms with Crippen LogP contribution in [0.2, 0.25) is 0 Å². The van der Waals surface area contributed by atoms with E-state index in [0.717, 1.165) is 36.9 Å². The minimum absolute atomic E-state index is 0.152. The third-order valence-electron chi connectivity index (χ3n) is 14.6. The first-order valence-electron chi connectivity index (χ1n) is 24.1. The summed E-state index contributed by atoms with van der Waals surface area (Å²) in [6, 6.07) is 5.39. The Bertz CT molecular complexity index is 2010. The van der Waals surface area contributed by atoms with Crippen molar-refractivity contribution in [2.45, 2.75) is 171 Å². The molecule has 20 heteroatoms. The highest BCUT2D eigenvalue weighted by atomic mass is 32.2. The van der Waals surface area contributed by atoms with Gasteiger partial charge in [0.1, 0.15) is 36.5 Å². The molecule has 4 heterocycles. The lowest BCUT2D eigenvalue weighted by Crippen LogP contribution is -2.60. The zero-order valence-corrected chi connectivity index (χ0v) is 42.6. The van der Waals surface area contributed by atoms with E-state index >= 15 is 0 Å². The fraction of sp³-hybridized carbons (Fsp3) is 0.771. The molecule has 0 saturated carbocycles. The van der Waals surface area contributed by atoms with E-state index in [-0.39, 0.29) is 29.9 Å². The summed E-state index contributed by atoms with van der Waals surface area (Å²) in [5.74, 6) is -4.95. The number of ketones is 1. The van der Waals surface area contributed by atoms with Crippen LogP contribution in [0.4, 0.5) is 4.39 Å². The van der Waals surface area contributed by atoms with Gasteiger partial charge in [-0.3, -0.25) is 14.6 Å². The molecule has 0 radical (unpaired) electrons. The topological polar surface area (TPSA) is 230 Å². The van der Waals surface area contributed by atoms with E-state index in [1.165, 1.54) is 33.1 Å². The Hall–Kier alpha value is -3.31. The number of carbonyl (C=O) groups is 2. The summed E-state index contributed by atoms with van der Waals surface area (Å²) in [6.07, 6.45) is -0.520. The Morgan fingerprint density at radius 3 is 2.38 bits per heavy atom. The fourth-order valence-electron chi connectivity index (χ4n) is 10.1. The normalized spacial score (nSPS) is 37.0. The van der Waals surface area contributed by atoms with Gasteiger partial charge < -0.3 is 54.7 Å². The summed E-state index contributed by atoms with van der Waals surface area (Å²) in [6.45, 7) is 14.8. The van der Waals surface area contributed by atoms with Gasteiger partial charge in [0.15, 0.2) is 21.9 Å². The number of hydrogen-bond donors (Lipinski definition) is 6. The molecule has 4 aliphatic rings. The molecule has 386 valence electrons.